The minimum Gasteiger partial charge on any atom is -0.491 e. The highest BCUT2D eigenvalue weighted by Gasteiger charge is 2.30. The number of aliphatic hydroxyl groups excluding tert-OH is 1. The van der Waals surface area contributed by atoms with Crippen molar-refractivity contribution in [2.75, 3.05) is 18.5 Å². The third-order valence-corrected chi connectivity index (χ3v) is 4.63. The first-order chi connectivity index (χ1) is 15.4. The van der Waals surface area contributed by atoms with Crippen LogP contribution in [0, 0.1) is 0 Å². The second-order valence-corrected chi connectivity index (χ2v) is 7.03. The van der Waals surface area contributed by atoms with E-state index >= 15 is 0 Å². The number of fused-ring (bicyclic) bond motifs is 1. The fourth-order valence-electron chi connectivity index (χ4n) is 3.06. The van der Waals surface area contributed by atoms with E-state index in [2.05, 4.69) is 20.3 Å². The largest absolute Gasteiger partial charge is 0.491 e. The van der Waals surface area contributed by atoms with Crippen LogP contribution in [0.3, 0.4) is 0 Å². The Morgan fingerprint density at radius 1 is 1.00 bits per heavy atom. The molecule has 1 atom stereocenters. The number of hydrogen-bond donors (Lipinski definition) is 2. The van der Waals surface area contributed by atoms with Crippen molar-refractivity contribution in [2.24, 2.45) is 0 Å². The van der Waals surface area contributed by atoms with Gasteiger partial charge in [0.25, 0.3) is 0 Å². The molecule has 9 heteroatoms. The molecule has 4 aromatic rings. The molecule has 0 aliphatic heterocycles. The summed E-state index contributed by atoms with van der Waals surface area (Å²) in [6, 6.07) is 15.6. The average Bonchev–Trinajstić information content (AvgIpc) is 2.81. The summed E-state index contributed by atoms with van der Waals surface area (Å²) < 4.78 is 43.8. The lowest BCUT2D eigenvalue weighted by Crippen LogP contribution is -2.26. The van der Waals surface area contributed by atoms with Gasteiger partial charge in [-0.25, -0.2) is 9.97 Å². The van der Waals surface area contributed by atoms with Gasteiger partial charge in [0.1, 0.15) is 24.3 Å². The summed E-state index contributed by atoms with van der Waals surface area (Å²) in [5, 5.41) is 14.2. The van der Waals surface area contributed by atoms with Crippen molar-refractivity contribution < 1.29 is 23.0 Å². The predicted octanol–water partition coefficient (Wildman–Crippen LogP) is 4.56. The zero-order chi connectivity index (χ0) is 22.6. The fourth-order valence-corrected chi connectivity index (χ4v) is 3.06. The molecule has 0 saturated heterocycles. The molecule has 164 valence electrons. The third-order valence-electron chi connectivity index (χ3n) is 4.63. The first-order valence-corrected chi connectivity index (χ1v) is 9.79. The number of hydrogen-bond acceptors (Lipinski definition) is 6. The molecule has 6 nitrogen and oxygen atoms in total. The van der Waals surface area contributed by atoms with Crippen LogP contribution in [0.15, 0.2) is 73.1 Å². The first kappa shape index (κ1) is 21.5. The Morgan fingerprint density at radius 2 is 1.84 bits per heavy atom. The molecule has 0 aliphatic rings. The summed E-state index contributed by atoms with van der Waals surface area (Å²) >= 11 is 0. The van der Waals surface area contributed by atoms with Gasteiger partial charge in [-0.05, 0) is 42.5 Å². The molecule has 0 radical (unpaired) electrons. The third kappa shape index (κ3) is 5.12. The van der Waals surface area contributed by atoms with E-state index in [1.165, 1.54) is 12.1 Å². The van der Waals surface area contributed by atoms with Gasteiger partial charge in [-0.1, -0.05) is 18.2 Å². The number of pyridine rings is 1. The Kier molecular flexibility index (Phi) is 6.18. The number of rotatable bonds is 7. The summed E-state index contributed by atoms with van der Waals surface area (Å²) in [5.41, 5.74) is 0.659. The lowest BCUT2D eigenvalue weighted by atomic mass is 10.2. The fraction of sp³-hybridized carbons (Fsp3) is 0.174. The molecular formula is C23H19F3N4O2. The number of alkyl halides is 3. The van der Waals surface area contributed by atoms with Crippen molar-refractivity contribution in [3.63, 3.8) is 0 Å². The second kappa shape index (κ2) is 9.19. The van der Waals surface area contributed by atoms with Gasteiger partial charge in [0.2, 0.25) is 0 Å². The molecule has 0 fully saturated rings. The van der Waals surface area contributed by atoms with Gasteiger partial charge in [0.15, 0.2) is 5.82 Å². The van der Waals surface area contributed by atoms with E-state index in [0.29, 0.717) is 11.6 Å². The SMILES string of the molecule is OC(CNc1nc(-c2cccnc2)nc2ccccc12)COc1cccc(C(F)(F)F)c1. The standard InChI is InChI=1S/C23H19F3N4O2/c24-23(25,26)16-6-3-7-18(11-16)32-14-17(31)13-28-22-19-8-1-2-9-20(19)29-21(30-22)15-5-4-10-27-12-15/h1-12,17,31H,13-14H2,(H,28,29,30). The quantitative estimate of drug-likeness (QED) is 0.439. The number of benzene rings is 2. The monoisotopic (exact) mass is 440 g/mol. The Labute approximate surface area is 181 Å². The van der Waals surface area contributed by atoms with E-state index in [1.54, 1.807) is 18.5 Å². The maximum atomic E-state index is 12.8. The molecule has 4 rings (SSSR count). The summed E-state index contributed by atoms with van der Waals surface area (Å²) in [7, 11) is 0. The van der Waals surface area contributed by atoms with Crippen LogP contribution in [-0.4, -0.2) is 39.3 Å². The topological polar surface area (TPSA) is 80.2 Å². The van der Waals surface area contributed by atoms with E-state index in [1.807, 2.05) is 30.3 Å². The van der Waals surface area contributed by atoms with Crippen molar-refractivity contribution in [3.8, 4) is 17.1 Å². The first-order valence-electron chi connectivity index (χ1n) is 9.79. The number of aliphatic hydroxyl groups is 1. The number of halogens is 3. The van der Waals surface area contributed by atoms with Gasteiger partial charge in [-0.15, -0.1) is 0 Å². The molecule has 0 amide bonds. The Morgan fingerprint density at radius 3 is 2.62 bits per heavy atom. The highest BCUT2D eigenvalue weighted by molar-refractivity contribution is 5.90. The van der Waals surface area contributed by atoms with E-state index in [-0.39, 0.29) is 18.9 Å². The van der Waals surface area contributed by atoms with Gasteiger partial charge in [-0.3, -0.25) is 4.98 Å². The average molecular weight is 440 g/mol. The second-order valence-electron chi connectivity index (χ2n) is 7.03. The van der Waals surface area contributed by atoms with E-state index in [9.17, 15) is 18.3 Å². The van der Waals surface area contributed by atoms with Crippen LogP contribution in [-0.2, 0) is 6.18 Å². The van der Waals surface area contributed by atoms with Crippen molar-refractivity contribution >= 4 is 16.7 Å². The lowest BCUT2D eigenvalue weighted by molar-refractivity contribution is -0.137. The molecule has 32 heavy (non-hydrogen) atoms. The molecule has 0 saturated carbocycles. The zero-order valence-electron chi connectivity index (χ0n) is 16.8. The molecule has 1 unspecified atom stereocenters. The van der Waals surface area contributed by atoms with Crippen molar-refractivity contribution in [3.05, 3.63) is 78.6 Å². The molecule has 2 N–H and O–H groups in total. The van der Waals surface area contributed by atoms with Gasteiger partial charge in [0.05, 0.1) is 11.1 Å². The normalized spacial score (nSPS) is 12.5. The summed E-state index contributed by atoms with van der Waals surface area (Å²) in [5.74, 6) is 1.03. The lowest BCUT2D eigenvalue weighted by Gasteiger charge is -2.16. The Balaban J connectivity index is 1.46. The van der Waals surface area contributed by atoms with Gasteiger partial charge >= 0.3 is 6.18 Å². The molecule has 2 heterocycles. The predicted molar refractivity (Wildman–Crippen MR) is 114 cm³/mol. The number of nitrogens with one attached hydrogen (secondary N) is 1. The maximum Gasteiger partial charge on any atom is 0.416 e. The molecule has 2 aromatic carbocycles. The van der Waals surface area contributed by atoms with Gasteiger partial charge < -0.3 is 15.2 Å². The van der Waals surface area contributed by atoms with E-state index < -0.39 is 17.8 Å². The van der Waals surface area contributed by atoms with Crippen LogP contribution in [0.5, 0.6) is 5.75 Å². The van der Waals surface area contributed by atoms with Crippen molar-refractivity contribution in [1.29, 1.82) is 0 Å². The number of anilines is 1. The minimum absolute atomic E-state index is 0.0326. The maximum absolute atomic E-state index is 12.8. The van der Waals surface area contributed by atoms with Crippen LogP contribution in [0.25, 0.3) is 22.3 Å². The molecule has 0 aliphatic carbocycles. The van der Waals surface area contributed by atoms with Crippen LogP contribution < -0.4 is 10.1 Å². The summed E-state index contributed by atoms with van der Waals surface area (Å²) in [6.07, 6.45) is -2.13. The van der Waals surface area contributed by atoms with Crippen molar-refractivity contribution in [1.82, 2.24) is 15.0 Å². The van der Waals surface area contributed by atoms with Crippen molar-refractivity contribution in [2.45, 2.75) is 12.3 Å². The Hall–Kier alpha value is -3.72. The summed E-state index contributed by atoms with van der Waals surface area (Å²) in [4.78, 5) is 13.2. The van der Waals surface area contributed by atoms with Crippen LogP contribution in [0.1, 0.15) is 5.56 Å². The number of ether oxygens (including phenoxy) is 1. The van der Waals surface area contributed by atoms with E-state index in [4.69, 9.17) is 4.74 Å². The minimum atomic E-state index is -4.46. The smallest absolute Gasteiger partial charge is 0.416 e. The van der Waals surface area contributed by atoms with E-state index in [0.717, 1.165) is 28.6 Å². The van der Waals surface area contributed by atoms with Gasteiger partial charge in [-0.2, -0.15) is 13.2 Å². The zero-order valence-corrected chi connectivity index (χ0v) is 16.8. The highest BCUT2D eigenvalue weighted by atomic mass is 19.4. The number of nitrogens with zero attached hydrogens (tertiary/aromatic N) is 3. The van der Waals surface area contributed by atoms with Gasteiger partial charge in [0, 0.05) is 29.9 Å². The van der Waals surface area contributed by atoms with Crippen LogP contribution in [0.2, 0.25) is 0 Å². The molecule has 0 bridgehead atoms. The molecule has 2 aromatic heterocycles. The highest BCUT2D eigenvalue weighted by Crippen LogP contribution is 2.31. The molecule has 0 spiro atoms. The molecular weight excluding hydrogens is 421 g/mol. The summed E-state index contributed by atoms with van der Waals surface area (Å²) in [6.45, 7) is -0.112. The van der Waals surface area contributed by atoms with Crippen LogP contribution >= 0.6 is 0 Å². The Bertz CT molecular complexity index is 1200. The number of para-hydroxylation sites is 1. The number of aromatic nitrogens is 3. The van der Waals surface area contributed by atoms with Crippen LogP contribution in [0.4, 0.5) is 19.0 Å².